The van der Waals surface area contributed by atoms with Crippen molar-refractivity contribution in [1.29, 1.82) is 0 Å². The molecule has 0 aliphatic carbocycles. The first-order valence-corrected chi connectivity index (χ1v) is 5.44. The highest BCUT2D eigenvalue weighted by atomic mass is 35.5. The Bertz CT molecular complexity index is 422. The molecule has 0 aliphatic heterocycles. The summed E-state index contributed by atoms with van der Waals surface area (Å²) in [5.74, 6) is 0. The highest BCUT2D eigenvalue weighted by Crippen LogP contribution is 2.28. The Morgan fingerprint density at radius 2 is 2.24 bits per heavy atom. The van der Waals surface area contributed by atoms with Gasteiger partial charge in [-0.25, -0.2) is 0 Å². The van der Waals surface area contributed by atoms with Crippen LogP contribution in [0.25, 0.3) is 0 Å². The minimum Gasteiger partial charge on any atom is -0.390 e. The second-order valence-corrected chi connectivity index (χ2v) is 4.21. The van der Waals surface area contributed by atoms with Gasteiger partial charge in [0.2, 0.25) is 0 Å². The average Bonchev–Trinajstić information content (AvgIpc) is 2.22. The summed E-state index contributed by atoms with van der Waals surface area (Å²) in [5.41, 5.74) is 1.40. The number of methoxy groups -OCH3 is 1. The molecule has 1 N–H and O–H groups in total. The van der Waals surface area contributed by atoms with Gasteiger partial charge >= 0.3 is 0 Å². The van der Waals surface area contributed by atoms with E-state index in [4.69, 9.17) is 16.3 Å². The molecule has 0 saturated heterocycles. The normalized spacial score (nSPS) is 12.5. The van der Waals surface area contributed by atoms with Gasteiger partial charge in [0.25, 0.3) is 5.69 Å². The van der Waals surface area contributed by atoms with E-state index in [0.717, 1.165) is 11.1 Å². The molecule has 6 heteroatoms. The maximum absolute atomic E-state index is 10.7. The highest BCUT2D eigenvalue weighted by molar-refractivity contribution is 6.32. The van der Waals surface area contributed by atoms with Crippen molar-refractivity contribution in [3.05, 3.63) is 38.4 Å². The Hall–Kier alpha value is -1.17. The van der Waals surface area contributed by atoms with Crippen molar-refractivity contribution in [3.63, 3.8) is 0 Å². The van der Waals surface area contributed by atoms with Crippen LogP contribution >= 0.6 is 11.6 Å². The summed E-state index contributed by atoms with van der Waals surface area (Å²) < 4.78 is 4.82. The number of nitro benzene ring substituents is 1. The lowest BCUT2D eigenvalue weighted by Gasteiger charge is -2.12. The summed E-state index contributed by atoms with van der Waals surface area (Å²) >= 11 is 5.80. The largest absolute Gasteiger partial charge is 0.390 e. The van der Waals surface area contributed by atoms with E-state index in [2.05, 4.69) is 0 Å². The van der Waals surface area contributed by atoms with Crippen LogP contribution in [0, 0.1) is 17.0 Å². The molecule has 0 fully saturated rings. The second-order valence-electron chi connectivity index (χ2n) is 3.80. The molecule has 1 rings (SSSR count). The molecule has 0 bridgehead atoms. The van der Waals surface area contributed by atoms with Crippen LogP contribution in [0.3, 0.4) is 0 Å². The molecular formula is C11H14ClNO4. The number of hydrogen-bond acceptors (Lipinski definition) is 4. The zero-order chi connectivity index (χ0) is 13.0. The van der Waals surface area contributed by atoms with Gasteiger partial charge in [0, 0.05) is 19.6 Å². The fraction of sp³-hybridized carbons (Fsp3) is 0.455. The summed E-state index contributed by atoms with van der Waals surface area (Å²) in [4.78, 5) is 10.1. The van der Waals surface area contributed by atoms with E-state index in [-0.39, 0.29) is 17.3 Å². The van der Waals surface area contributed by atoms with Gasteiger partial charge in [0.15, 0.2) is 0 Å². The first kappa shape index (κ1) is 13.9. The third-order valence-electron chi connectivity index (χ3n) is 2.42. The van der Waals surface area contributed by atoms with E-state index in [1.54, 1.807) is 6.92 Å². The van der Waals surface area contributed by atoms with Crippen LogP contribution in [0.15, 0.2) is 12.1 Å². The van der Waals surface area contributed by atoms with Crippen molar-refractivity contribution in [2.24, 2.45) is 0 Å². The van der Waals surface area contributed by atoms with Gasteiger partial charge in [-0.05, 0) is 24.1 Å². The van der Waals surface area contributed by atoms with Gasteiger partial charge in [0.05, 0.1) is 17.6 Å². The van der Waals surface area contributed by atoms with Crippen molar-refractivity contribution in [3.8, 4) is 0 Å². The molecule has 0 aliphatic rings. The number of benzene rings is 1. The molecule has 1 aromatic rings. The molecule has 1 unspecified atom stereocenters. The third-order valence-corrected chi connectivity index (χ3v) is 2.72. The number of nitrogens with zero attached hydrogens (tertiary/aromatic N) is 1. The average molecular weight is 260 g/mol. The first-order valence-electron chi connectivity index (χ1n) is 5.06. The quantitative estimate of drug-likeness (QED) is 0.649. The van der Waals surface area contributed by atoms with Gasteiger partial charge in [-0.3, -0.25) is 10.1 Å². The van der Waals surface area contributed by atoms with Crippen molar-refractivity contribution < 1.29 is 14.8 Å². The van der Waals surface area contributed by atoms with Gasteiger partial charge in [-0.2, -0.15) is 0 Å². The lowest BCUT2D eigenvalue weighted by molar-refractivity contribution is -0.384. The zero-order valence-corrected chi connectivity index (χ0v) is 10.4. The number of aryl methyl sites for hydroxylation is 1. The number of nitro groups is 1. The predicted molar refractivity (Wildman–Crippen MR) is 64.4 cm³/mol. The van der Waals surface area contributed by atoms with Gasteiger partial charge in [0.1, 0.15) is 5.02 Å². The molecule has 0 radical (unpaired) electrons. The molecule has 0 saturated carbocycles. The smallest absolute Gasteiger partial charge is 0.288 e. The topological polar surface area (TPSA) is 72.6 Å². The lowest BCUT2D eigenvalue weighted by atomic mass is 10.0. The van der Waals surface area contributed by atoms with Crippen molar-refractivity contribution in [2.75, 3.05) is 13.7 Å². The predicted octanol–water partition coefficient (Wildman–Crippen LogP) is 2.11. The Balaban J connectivity index is 2.95. The van der Waals surface area contributed by atoms with Gasteiger partial charge in [-0.1, -0.05) is 11.6 Å². The Labute approximate surface area is 104 Å². The number of hydrogen-bond donors (Lipinski definition) is 1. The zero-order valence-electron chi connectivity index (χ0n) is 9.64. The second kappa shape index (κ2) is 5.95. The maximum Gasteiger partial charge on any atom is 0.288 e. The van der Waals surface area contributed by atoms with E-state index in [1.807, 2.05) is 0 Å². The SMILES string of the molecule is COCC(O)Cc1cc(Cl)c([N+](=O)[O-])cc1C. The van der Waals surface area contributed by atoms with E-state index in [0.29, 0.717) is 6.42 Å². The van der Waals surface area contributed by atoms with E-state index >= 15 is 0 Å². The number of aliphatic hydroxyl groups is 1. The molecule has 0 aromatic heterocycles. The van der Waals surface area contributed by atoms with E-state index in [1.165, 1.54) is 19.2 Å². The molecule has 0 heterocycles. The number of rotatable bonds is 5. The fourth-order valence-electron chi connectivity index (χ4n) is 1.57. The standard InChI is InChI=1S/C11H14ClNO4/c1-7-3-11(13(15)16)10(12)5-8(7)4-9(14)6-17-2/h3,5,9,14H,4,6H2,1-2H3. The van der Waals surface area contributed by atoms with Crippen LogP contribution in [0.1, 0.15) is 11.1 Å². The minimum atomic E-state index is -0.642. The fourth-order valence-corrected chi connectivity index (χ4v) is 1.83. The van der Waals surface area contributed by atoms with Gasteiger partial charge < -0.3 is 9.84 Å². The molecule has 0 spiro atoms. The minimum absolute atomic E-state index is 0.0835. The summed E-state index contributed by atoms with van der Waals surface area (Å²) in [6.45, 7) is 1.96. The summed E-state index contributed by atoms with van der Waals surface area (Å²) in [6, 6.07) is 2.94. The molecule has 1 atom stereocenters. The van der Waals surface area contributed by atoms with Crippen molar-refractivity contribution in [1.82, 2.24) is 0 Å². The maximum atomic E-state index is 10.7. The number of ether oxygens (including phenoxy) is 1. The summed E-state index contributed by atoms with van der Waals surface area (Å²) in [5, 5.41) is 20.3. The monoisotopic (exact) mass is 259 g/mol. The van der Waals surface area contributed by atoms with E-state index < -0.39 is 11.0 Å². The molecule has 94 valence electrons. The van der Waals surface area contributed by atoms with Crippen LogP contribution in [0.2, 0.25) is 5.02 Å². The molecule has 5 nitrogen and oxygen atoms in total. The van der Waals surface area contributed by atoms with Crippen LogP contribution in [-0.2, 0) is 11.2 Å². The van der Waals surface area contributed by atoms with Gasteiger partial charge in [-0.15, -0.1) is 0 Å². The number of aliphatic hydroxyl groups excluding tert-OH is 1. The number of halogens is 1. The first-order chi connectivity index (χ1) is 7.95. The van der Waals surface area contributed by atoms with Crippen molar-refractivity contribution >= 4 is 17.3 Å². The van der Waals surface area contributed by atoms with Crippen LogP contribution in [0.4, 0.5) is 5.69 Å². The molecule has 17 heavy (non-hydrogen) atoms. The molecule has 0 amide bonds. The van der Waals surface area contributed by atoms with Crippen LogP contribution in [0.5, 0.6) is 0 Å². The van der Waals surface area contributed by atoms with Crippen LogP contribution in [-0.4, -0.2) is 29.9 Å². The molecule has 1 aromatic carbocycles. The van der Waals surface area contributed by atoms with E-state index in [9.17, 15) is 15.2 Å². The van der Waals surface area contributed by atoms with Crippen LogP contribution < -0.4 is 0 Å². The third kappa shape index (κ3) is 3.66. The van der Waals surface area contributed by atoms with Crippen molar-refractivity contribution in [2.45, 2.75) is 19.4 Å². The Morgan fingerprint density at radius 3 is 2.76 bits per heavy atom. The summed E-state index contributed by atoms with van der Waals surface area (Å²) in [7, 11) is 1.50. The summed E-state index contributed by atoms with van der Waals surface area (Å²) in [6.07, 6.45) is -0.284. The Kier molecular flexibility index (Phi) is 4.86. The lowest BCUT2D eigenvalue weighted by Crippen LogP contribution is -2.17. The Morgan fingerprint density at radius 1 is 1.59 bits per heavy atom. The molecular weight excluding hydrogens is 246 g/mol. The highest BCUT2D eigenvalue weighted by Gasteiger charge is 2.16.